The zero-order valence-corrected chi connectivity index (χ0v) is 16.4. The minimum Gasteiger partial charge on any atom is -0.466 e. The lowest BCUT2D eigenvalue weighted by molar-refractivity contribution is 0.0745. The van der Waals surface area contributed by atoms with E-state index in [1.165, 1.54) is 15.8 Å². The molecule has 136 valence electrons. The van der Waals surface area contributed by atoms with Crippen molar-refractivity contribution in [2.45, 2.75) is 27.7 Å². The second-order valence-electron chi connectivity index (χ2n) is 6.98. The predicted octanol–water partition coefficient (Wildman–Crippen LogP) is 4.09. The van der Waals surface area contributed by atoms with E-state index in [-0.39, 0.29) is 5.91 Å². The molecule has 3 heterocycles. The molecule has 1 saturated heterocycles. The number of anilines is 1. The number of fused-ring (bicyclic) bond motifs is 1. The number of furan rings is 1. The number of rotatable bonds is 2. The van der Waals surface area contributed by atoms with Gasteiger partial charge in [-0.3, -0.25) is 4.79 Å². The lowest BCUT2D eigenvalue weighted by Crippen LogP contribution is -2.48. The fourth-order valence-electron chi connectivity index (χ4n) is 3.50. The van der Waals surface area contributed by atoms with Crippen LogP contribution in [0.4, 0.5) is 5.13 Å². The molecule has 0 unspecified atom stereocenters. The first kappa shape index (κ1) is 17.1. The minimum absolute atomic E-state index is 0.0648. The Morgan fingerprint density at radius 2 is 1.77 bits per heavy atom. The van der Waals surface area contributed by atoms with Crippen molar-refractivity contribution in [1.82, 2.24) is 9.88 Å². The summed E-state index contributed by atoms with van der Waals surface area (Å²) in [7, 11) is 0. The molecule has 1 amide bonds. The number of hydrogen-bond acceptors (Lipinski definition) is 5. The van der Waals surface area contributed by atoms with Gasteiger partial charge in [-0.15, -0.1) is 0 Å². The van der Waals surface area contributed by atoms with Crippen LogP contribution in [0.1, 0.15) is 33.0 Å². The zero-order chi connectivity index (χ0) is 18.4. The molecule has 0 saturated carbocycles. The summed E-state index contributed by atoms with van der Waals surface area (Å²) in [4.78, 5) is 21.8. The lowest BCUT2D eigenvalue weighted by atomic mass is 10.1. The van der Waals surface area contributed by atoms with Crippen molar-refractivity contribution in [2.75, 3.05) is 31.1 Å². The molecule has 1 fully saturated rings. The molecule has 26 heavy (non-hydrogen) atoms. The maximum atomic E-state index is 12.7. The van der Waals surface area contributed by atoms with Gasteiger partial charge < -0.3 is 14.2 Å². The molecule has 4 rings (SSSR count). The smallest absolute Gasteiger partial charge is 0.257 e. The summed E-state index contributed by atoms with van der Waals surface area (Å²) < 4.78 is 6.77. The maximum absolute atomic E-state index is 12.7. The van der Waals surface area contributed by atoms with Crippen LogP contribution in [-0.4, -0.2) is 42.0 Å². The third-order valence-corrected chi connectivity index (χ3v) is 6.29. The number of aryl methyl sites for hydroxylation is 4. The lowest BCUT2D eigenvalue weighted by Gasteiger charge is -2.34. The van der Waals surface area contributed by atoms with Gasteiger partial charge in [-0.25, -0.2) is 4.98 Å². The van der Waals surface area contributed by atoms with Gasteiger partial charge in [-0.2, -0.15) is 0 Å². The molecule has 6 heteroatoms. The van der Waals surface area contributed by atoms with Crippen molar-refractivity contribution < 1.29 is 9.21 Å². The Hall–Kier alpha value is -2.34. The Balaban J connectivity index is 1.50. The molecule has 0 N–H and O–H groups in total. The third-order valence-electron chi connectivity index (χ3n) is 5.04. The van der Waals surface area contributed by atoms with Gasteiger partial charge in [0.25, 0.3) is 5.91 Å². The molecule has 0 atom stereocenters. The van der Waals surface area contributed by atoms with E-state index in [2.05, 4.69) is 30.9 Å². The molecule has 0 spiro atoms. The Kier molecular flexibility index (Phi) is 4.23. The highest BCUT2D eigenvalue weighted by Gasteiger charge is 2.26. The molecule has 3 aromatic rings. The molecular weight excluding hydrogens is 346 g/mol. The van der Waals surface area contributed by atoms with Crippen LogP contribution in [0.2, 0.25) is 0 Å². The van der Waals surface area contributed by atoms with Crippen molar-refractivity contribution in [3.05, 3.63) is 46.4 Å². The minimum atomic E-state index is 0.0648. The summed E-state index contributed by atoms with van der Waals surface area (Å²) in [6.07, 6.45) is 0. The van der Waals surface area contributed by atoms with E-state index in [0.29, 0.717) is 24.4 Å². The van der Waals surface area contributed by atoms with Crippen molar-refractivity contribution >= 4 is 32.6 Å². The van der Waals surface area contributed by atoms with Gasteiger partial charge in [0.05, 0.1) is 15.8 Å². The second-order valence-corrected chi connectivity index (χ2v) is 7.96. The highest BCUT2D eigenvalue weighted by Crippen LogP contribution is 2.33. The number of hydrogen-bond donors (Lipinski definition) is 0. The number of nitrogens with zero attached hydrogens (tertiary/aromatic N) is 3. The first-order valence-electron chi connectivity index (χ1n) is 8.92. The molecular formula is C20H23N3O2S. The largest absolute Gasteiger partial charge is 0.466 e. The van der Waals surface area contributed by atoms with E-state index in [0.717, 1.165) is 29.5 Å². The number of piperazine rings is 1. The first-order chi connectivity index (χ1) is 12.4. The summed E-state index contributed by atoms with van der Waals surface area (Å²) in [5.74, 6) is 1.55. The Bertz CT molecular complexity index is 942. The molecule has 2 aromatic heterocycles. The van der Waals surface area contributed by atoms with Crippen molar-refractivity contribution in [3.63, 3.8) is 0 Å². The van der Waals surface area contributed by atoms with E-state index in [4.69, 9.17) is 9.40 Å². The van der Waals surface area contributed by atoms with Crippen molar-refractivity contribution in [1.29, 1.82) is 0 Å². The number of thiazole rings is 1. The highest BCUT2D eigenvalue weighted by molar-refractivity contribution is 7.22. The van der Waals surface area contributed by atoms with Crippen LogP contribution in [-0.2, 0) is 0 Å². The van der Waals surface area contributed by atoms with Crippen molar-refractivity contribution in [2.24, 2.45) is 0 Å². The SMILES string of the molecule is Cc1cc(C(=O)N2CCN(c3nc4c(C)ccc(C)c4s3)CC2)c(C)o1. The Labute approximate surface area is 157 Å². The number of aromatic nitrogens is 1. The summed E-state index contributed by atoms with van der Waals surface area (Å²) in [5, 5.41) is 1.06. The molecule has 0 bridgehead atoms. The molecule has 0 radical (unpaired) electrons. The van der Waals surface area contributed by atoms with Crippen molar-refractivity contribution in [3.8, 4) is 0 Å². The average molecular weight is 369 g/mol. The van der Waals surface area contributed by atoms with Crippen LogP contribution in [0, 0.1) is 27.7 Å². The Morgan fingerprint density at radius 1 is 1.08 bits per heavy atom. The van der Waals surface area contributed by atoms with Gasteiger partial charge in [0.1, 0.15) is 11.5 Å². The van der Waals surface area contributed by atoms with Gasteiger partial charge in [0.15, 0.2) is 5.13 Å². The van der Waals surface area contributed by atoms with E-state index in [1.54, 1.807) is 11.3 Å². The maximum Gasteiger partial charge on any atom is 0.257 e. The molecule has 0 aliphatic carbocycles. The third kappa shape index (κ3) is 2.88. The number of carbonyl (C=O) groups excluding carboxylic acids is 1. The van der Waals surface area contributed by atoms with Gasteiger partial charge >= 0.3 is 0 Å². The van der Waals surface area contributed by atoms with Gasteiger partial charge in [-0.1, -0.05) is 23.5 Å². The van der Waals surface area contributed by atoms with Gasteiger partial charge in [0.2, 0.25) is 0 Å². The first-order valence-corrected chi connectivity index (χ1v) is 9.73. The topological polar surface area (TPSA) is 49.6 Å². The van der Waals surface area contributed by atoms with E-state index < -0.39 is 0 Å². The summed E-state index contributed by atoms with van der Waals surface area (Å²) in [6, 6.07) is 6.13. The van der Waals surface area contributed by atoms with Crippen LogP contribution < -0.4 is 4.90 Å². The fraction of sp³-hybridized carbons (Fsp3) is 0.400. The fourth-order valence-corrected chi connectivity index (χ4v) is 4.66. The van der Waals surface area contributed by atoms with Gasteiger partial charge in [-0.05, 0) is 44.9 Å². The summed E-state index contributed by atoms with van der Waals surface area (Å²) in [6.45, 7) is 11.0. The summed E-state index contributed by atoms with van der Waals surface area (Å²) >= 11 is 1.75. The normalized spacial score (nSPS) is 15.1. The molecule has 1 aliphatic rings. The summed E-state index contributed by atoms with van der Waals surface area (Å²) in [5.41, 5.74) is 4.27. The second kappa shape index (κ2) is 6.43. The highest BCUT2D eigenvalue weighted by atomic mass is 32.1. The molecule has 1 aromatic carbocycles. The zero-order valence-electron chi connectivity index (χ0n) is 15.6. The Morgan fingerprint density at radius 3 is 2.38 bits per heavy atom. The molecule has 5 nitrogen and oxygen atoms in total. The van der Waals surface area contributed by atoms with Crippen LogP contribution in [0.25, 0.3) is 10.2 Å². The van der Waals surface area contributed by atoms with Crippen LogP contribution in [0.15, 0.2) is 22.6 Å². The quantitative estimate of drug-likeness (QED) is 0.683. The average Bonchev–Trinajstić information content (AvgIpc) is 3.22. The van der Waals surface area contributed by atoms with Crippen LogP contribution >= 0.6 is 11.3 Å². The predicted molar refractivity (Wildman–Crippen MR) is 105 cm³/mol. The number of amides is 1. The standard InChI is InChI=1S/C20H23N3O2S/c1-12-5-6-13(2)18-17(12)21-20(26-18)23-9-7-22(8-10-23)19(24)16-11-14(3)25-15(16)4/h5-6,11H,7-10H2,1-4H3. The van der Waals surface area contributed by atoms with E-state index >= 15 is 0 Å². The monoisotopic (exact) mass is 369 g/mol. The van der Waals surface area contributed by atoms with Crippen LogP contribution in [0.5, 0.6) is 0 Å². The van der Waals surface area contributed by atoms with E-state index in [1.807, 2.05) is 24.8 Å². The van der Waals surface area contributed by atoms with E-state index in [9.17, 15) is 4.79 Å². The number of carbonyl (C=O) groups is 1. The number of benzene rings is 1. The molecule has 1 aliphatic heterocycles. The van der Waals surface area contributed by atoms with Crippen LogP contribution in [0.3, 0.4) is 0 Å². The van der Waals surface area contributed by atoms with Gasteiger partial charge in [0, 0.05) is 26.2 Å².